The number of aromatic amines is 1. The van der Waals surface area contributed by atoms with Crippen LogP contribution in [0, 0.1) is 18.8 Å². The number of carbonyl (C=O) groups is 1. The molecular formula is C21H23F3N8O3. The number of fused-ring (bicyclic) bond motifs is 1. The minimum atomic E-state index is -4.48. The van der Waals surface area contributed by atoms with Gasteiger partial charge in [-0.25, -0.2) is 19.9 Å². The normalized spacial score (nSPS) is 20.3. The number of ether oxygens (including phenoxy) is 1. The van der Waals surface area contributed by atoms with Gasteiger partial charge in [0.25, 0.3) is 5.56 Å². The molecule has 4 heterocycles. The molecule has 1 amide bonds. The fourth-order valence-corrected chi connectivity index (χ4v) is 4.31. The summed E-state index contributed by atoms with van der Waals surface area (Å²) in [7, 11) is 0. The Morgan fingerprint density at radius 2 is 1.86 bits per heavy atom. The molecule has 5 rings (SSSR count). The average Bonchev–Trinajstić information content (AvgIpc) is 3.50. The largest absolute Gasteiger partial charge is 0.449 e. The van der Waals surface area contributed by atoms with Gasteiger partial charge in [0.05, 0.1) is 35.0 Å². The van der Waals surface area contributed by atoms with Crippen LogP contribution in [0.2, 0.25) is 0 Å². The first-order chi connectivity index (χ1) is 16.7. The maximum absolute atomic E-state index is 12.7. The lowest BCUT2D eigenvalue weighted by atomic mass is 10.3. The van der Waals surface area contributed by atoms with E-state index in [0.717, 1.165) is 18.8 Å². The third kappa shape index (κ3) is 4.77. The highest BCUT2D eigenvalue weighted by atomic mass is 19.4. The number of halogens is 3. The number of anilines is 1. The van der Waals surface area contributed by atoms with Gasteiger partial charge in [0, 0.05) is 45.1 Å². The Labute approximate surface area is 196 Å². The van der Waals surface area contributed by atoms with E-state index in [9.17, 15) is 22.8 Å². The van der Waals surface area contributed by atoms with Crippen molar-refractivity contribution < 1.29 is 22.7 Å². The summed E-state index contributed by atoms with van der Waals surface area (Å²) >= 11 is 0. The Morgan fingerprint density at radius 1 is 1.14 bits per heavy atom. The molecule has 2 aliphatic rings. The first-order valence-electron chi connectivity index (χ1n) is 11.2. The third-order valence-corrected chi connectivity index (χ3v) is 6.43. The summed E-state index contributed by atoms with van der Waals surface area (Å²) in [6, 6.07) is 0. The molecule has 2 fully saturated rings. The quantitative estimate of drug-likeness (QED) is 0.573. The van der Waals surface area contributed by atoms with Gasteiger partial charge in [0.1, 0.15) is 0 Å². The van der Waals surface area contributed by atoms with E-state index in [4.69, 9.17) is 4.74 Å². The minimum absolute atomic E-state index is 0.199. The van der Waals surface area contributed by atoms with Crippen molar-refractivity contribution in [3.63, 3.8) is 0 Å². The summed E-state index contributed by atoms with van der Waals surface area (Å²) in [5, 5.41) is 11.3. The topological polar surface area (TPSA) is 122 Å². The standard InChI is InChI=1S/C21H23F3N8O3/c1-12-17-16(9-27-28-18(17)33)32(29-12)10-13-6-14(13)11-35-20(34)31-4-2-30(3-5-31)19-25-7-15(8-26-19)21(22,23)24/h7-9,13-14H,2-6,10-11H2,1H3,(H,28,33)/t13-,14-/m0/s1. The number of piperazine rings is 1. The van der Waals surface area contributed by atoms with Crippen molar-refractivity contribution in [1.82, 2.24) is 34.8 Å². The molecule has 11 nitrogen and oxygen atoms in total. The average molecular weight is 492 g/mol. The third-order valence-electron chi connectivity index (χ3n) is 6.43. The molecule has 0 aromatic carbocycles. The monoisotopic (exact) mass is 492 g/mol. The van der Waals surface area contributed by atoms with Gasteiger partial charge >= 0.3 is 12.3 Å². The maximum Gasteiger partial charge on any atom is 0.419 e. The van der Waals surface area contributed by atoms with Gasteiger partial charge in [-0.3, -0.25) is 9.48 Å². The second-order valence-electron chi connectivity index (χ2n) is 8.80. The van der Waals surface area contributed by atoms with Gasteiger partial charge in [-0.2, -0.15) is 23.4 Å². The van der Waals surface area contributed by atoms with E-state index < -0.39 is 17.8 Å². The SMILES string of the molecule is Cc1nn(C[C@@H]2C[C@H]2COC(=O)N2CCN(c3ncc(C(F)(F)F)cn3)CC2)c2cn[nH]c(=O)c12. The number of alkyl halides is 3. The van der Waals surface area contributed by atoms with E-state index in [-0.39, 0.29) is 17.4 Å². The van der Waals surface area contributed by atoms with E-state index in [1.165, 1.54) is 0 Å². The Morgan fingerprint density at radius 3 is 2.54 bits per heavy atom. The van der Waals surface area contributed by atoms with Crippen LogP contribution in [0.25, 0.3) is 10.9 Å². The number of nitrogens with zero attached hydrogens (tertiary/aromatic N) is 7. The second-order valence-corrected chi connectivity index (χ2v) is 8.80. The number of hydrogen-bond donors (Lipinski definition) is 1. The summed E-state index contributed by atoms with van der Waals surface area (Å²) in [5.74, 6) is 0.707. The molecule has 1 saturated carbocycles. The highest BCUT2D eigenvalue weighted by Crippen LogP contribution is 2.40. The molecule has 0 spiro atoms. The van der Waals surface area contributed by atoms with Gasteiger partial charge in [0.2, 0.25) is 5.95 Å². The Kier molecular flexibility index (Phi) is 5.81. The van der Waals surface area contributed by atoms with Crippen molar-refractivity contribution >= 4 is 22.9 Å². The van der Waals surface area contributed by atoms with Crippen molar-refractivity contribution in [2.75, 3.05) is 37.7 Å². The van der Waals surface area contributed by atoms with Gasteiger partial charge in [-0.1, -0.05) is 0 Å². The summed E-state index contributed by atoms with van der Waals surface area (Å²) in [5.41, 5.74) is 0.164. The van der Waals surface area contributed by atoms with Crippen LogP contribution in [0.3, 0.4) is 0 Å². The number of aromatic nitrogens is 6. The lowest BCUT2D eigenvalue weighted by molar-refractivity contribution is -0.138. The molecule has 3 aromatic rings. The summed E-state index contributed by atoms with van der Waals surface area (Å²) < 4.78 is 45.3. The van der Waals surface area contributed by atoms with Crippen LogP contribution in [0.1, 0.15) is 17.7 Å². The fraction of sp³-hybridized carbons (Fsp3) is 0.524. The molecule has 35 heavy (non-hydrogen) atoms. The molecule has 0 radical (unpaired) electrons. The Bertz CT molecular complexity index is 1280. The highest BCUT2D eigenvalue weighted by Gasteiger charge is 2.39. The number of nitrogens with one attached hydrogen (secondary N) is 1. The first-order valence-corrected chi connectivity index (χ1v) is 11.2. The molecule has 2 atom stereocenters. The fourth-order valence-electron chi connectivity index (χ4n) is 4.31. The smallest absolute Gasteiger partial charge is 0.419 e. The number of rotatable bonds is 5. The molecular weight excluding hydrogens is 469 g/mol. The zero-order valence-electron chi connectivity index (χ0n) is 18.8. The number of amides is 1. The van der Waals surface area contributed by atoms with E-state index in [2.05, 4.69) is 25.3 Å². The molecule has 1 aliphatic heterocycles. The summed E-state index contributed by atoms with van der Waals surface area (Å²) in [4.78, 5) is 35.4. The van der Waals surface area contributed by atoms with Gasteiger partial charge in [-0.05, 0) is 25.2 Å². The van der Waals surface area contributed by atoms with Crippen molar-refractivity contribution in [3.05, 3.63) is 40.2 Å². The highest BCUT2D eigenvalue weighted by molar-refractivity contribution is 5.79. The van der Waals surface area contributed by atoms with E-state index in [1.807, 2.05) is 0 Å². The van der Waals surface area contributed by atoms with Crippen molar-refractivity contribution in [3.8, 4) is 0 Å². The predicted molar refractivity (Wildman–Crippen MR) is 117 cm³/mol. The molecule has 1 N–H and O–H groups in total. The van der Waals surface area contributed by atoms with Crippen LogP contribution in [0.5, 0.6) is 0 Å². The van der Waals surface area contributed by atoms with Crippen LogP contribution >= 0.6 is 0 Å². The molecule has 3 aromatic heterocycles. The van der Waals surface area contributed by atoms with Gasteiger partial charge < -0.3 is 14.5 Å². The number of carbonyl (C=O) groups excluding carboxylic acids is 1. The molecule has 0 bridgehead atoms. The van der Waals surface area contributed by atoms with Crippen molar-refractivity contribution in [1.29, 1.82) is 0 Å². The minimum Gasteiger partial charge on any atom is -0.449 e. The number of hydrogen-bond acceptors (Lipinski definition) is 8. The Hall–Kier alpha value is -3.71. The number of aryl methyl sites for hydroxylation is 1. The second kappa shape index (κ2) is 8.82. The van der Waals surface area contributed by atoms with Gasteiger partial charge in [0.15, 0.2) is 0 Å². The zero-order chi connectivity index (χ0) is 24.7. The summed E-state index contributed by atoms with van der Waals surface area (Å²) in [6.45, 7) is 4.20. The summed E-state index contributed by atoms with van der Waals surface area (Å²) in [6.07, 6.45) is -0.899. The number of H-pyrrole nitrogens is 1. The molecule has 1 aliphatic carbocycles. The van der Waals surface area contributed by atoms with Gasteiger partial charge in [-0.15, -0.1) is 0 Å². The van der Waals surface area contributed by atoms with E-state index >= 15 is 0 Å². The van der Waals surface area contributed by atoms with E-state index in [1.54, 1.807) is 27.6 Å². The van der Waals surface area contributed by atoms with Crippen LogP contribution < -0.4 is 10.5 Å². The van der Waals surface area contributed by atoms with E-state index in [0.29, 0.717) is 61.8 Å². The predicted octanol–water partition coefficient (Wildman–Crippen LogP) is 1.83. The van der Waals surface area contributed by atoms with Crippen molar-refractivity contribution in [2.45, 2.75) is 26.1 Å². The lowest BCUT2D eigenvalue weighted by Gasteiger charge is -2.34. The lowest BCUT2D eigenvalue weighted by Crippen LogP contribution is -2.49. The maximum atomic E-state index is 12.7. The van der Waals surface area contributed by atoms with Crippen LogP contribution in [-0.4, -0.2) is 73.7 Å². The molecule has 14 heteroatoms. The molecule has 1 saturated heterocycles. The molecule has 186 valence electrons. The van der Waals surface area contributed by atoms with Crippen LogP contribution in [0.4, 0.5) is 23.9 Å². The molecule has 0 unspecified atom stereocenters. The van der Waals surface area contributed by atoms with Crippen LogP contribution in [0.15, 0.2) is 23.4 Å². The van der Waals surface area contributed by atoms with Crippen molar-refractivity contribution in [2.24, 2.45) is 11.8 Å². The first kappa shape index (κ1) is 23.1. The zero-order valence-corrected chi connectivity index (χ0v) is 18.8. The Balaban J connectivity index is 1.08. The van der Waals surface area contributed by atoms with Crippen LogP contribution in [-0.2, 0) is 17.5 Å².